The summed E-state index contributed by atoms with van der Waals surface area (Å²) in [5, 5.41) is 6.62. The summed E-state index contributed by atoms with van der Waals surface area (Å²) < 4.78 is 17.7. The Morgan fingerprint density at radius 2 is 1.69 bits per heavy atom. The topological polar surface area (TPSA) is 119 Å². The second kappa shape index (κ2) is 13.4. The minimum atomic E-state index is -0.330. The molecule has 0 unspecified atom stereocenters. The van der Waals surface area contributed by atoms with E-state index < -0.39 is 0 Å². The molecule has 1 aromatic heterocycles. The first-order valence-electron chi connectivity index (χ1n) is 14.6. The number of urea groups is 1. The number of ether oxygens (including phenoxy) is 3. The van der Waals surface area contributed by atoms with Crippen molar-refractivity contribution in [2.75, 3.05) is 32.1 Å². The molecule has 0 fully saturated rings. The molecule has 2 heterocycles. The molecule has 5 rings (SSSR count). The van der Waals surface area contributed by atoms with E-state index in [4.69, 9.17) is 25.8 Å². The van der Waals surface area contributed by atoms with Gasteiger partial charge in [-0.05, 0) is 54.7 Å². The number of carbonyl (C=O) groups excluding carboxylic acids is 3. The molecule has 1 aliphatic rings. The molecule has 234 valence electrons. The lowest BCUT2D eigenvalue weighted by Gasteiger charge is -2.18. The molecule has 11 heteroatoms. The van der Waals surface area contributed by atoms with Gasteiger partial charge in [0.1, 0.15) is 11.5 Å². The van der Waals surface area contributed by atoms with Crippen LogP contribution in [0.4, 0.5) is 10.5 Å². The predicted octanol–water partition coefficient (Wildman–Crippen LogP) is 7.31. The first kappa shape index (κ1) is 31.6. The lowest BCUT2D eigenvalue weighted by molar-refractivity contribution is 0.0646. The van der Waals surface area contributed by atoms with Crippen LogP contribution in [-0.4, -0.2) is 54.5 Å². The third-order valence-electron chi connectivity index (χ3n) is 7.23. The fraction of sp³-hybridized carbons (Fsp3) is 0.294. The van der Waals surface area contributed by atoms with Crippen LogP contribution in [0.2, 0.25) is 5.02 Å². The summed E-state index contributed by atoms with van der Waals surface area (Å²) in [5.41, 5.74) is 2.04. The minimum absolute atomic E-state index is 0.117. The predicted molar refractivity (Wildman–Crippen MR) is 173 cm³/mol. The second-order valence-electron chi connectivity index (χ2n) is 11.8. The van der Waals surface area contributed by atoms with E-state index in [0.29, 0.717) is 68.7 Å². The van der Waals surface area contributed by atoms with E-state index >= 15 is 0 Å². The van der Waals surface area contributed by atoms with Gasteiger partial charge in [-0.3, -0.25) is 19.5 Å². The van der Waals surface area contributed by atoms with Gasteiger partial charge in [-0.15, -0.1) is 0 Å². The van der Waals surface area contributed by atoms with Crippen molar-refractivity contribution < 1.29 is 28.6 Å². The Morgan fingerprint density at radius 1 is 0.956 bits per heavy atom. The van der Waals surface area contributed by atoms with E-state index in [2.05, 4.69) is 36.4 Å². The van der Waals surface area contributed by atoms with Gasteiger partial charge in [0, 0.05) is 36.8 Å². The van der Waals surface area contributed by atoms with E-state index in [-0.39, 0.29) is 36.4 Å². The van der Waals surface area contributed by atoms with Crippen LogP contribution in [0.3, 0.4) is 0 Å². The Kier molecular flexibility index (Phi) is 9.43. The van der Waals surface area contributed by atoms with Crippen LogP contribution in [0.25, 0.3) is 10.9 Å². The van der Waals surface area contributed by atoms with E-state index in [1.165, 1.54) is 12.0 Å². The quantitative estimate of drug-likeness (QED) is 0.132. The van der Waals surface area contributed by atoms with Crippen molar-refractivity contribution in [3.63, 3.8) is 0 Å². The zero-order valence-electron chi connectivity index (χ0n) is 25.6. The second-order valence-corrected chi connectivity index (χ2v) is 12.2. The van der Waals surface area contributed by atoms with Crippen LogP contribution >= 0.6 is 11.6 Å². The van der Waals surface area contributed by atoms with Gasteiger partial charge in [0.25, 0.3) is 11.8 Å². The number of imide groups is 1. The Balaban J connectivity index is 1.22. The zero-order valence-corrected chi connectivity index (χ0v) is 26.4. The fourth-order valence-corrected chi connectivity index (χ4v) is 5.06. The number of nitrogens with zero attached hydrogens (tertiary/aromatic N) is 2. The number of halogens is 1. The number of aromatic nitrogens is 1. The lowest BCUT2D eigenvalue weighted by atomic mass is 9.92. The monoisotopic (exact) mass is 630 g/mol. The summed E-state index contributed by atoms with van der Waals surface area (Å²) in [5.74, 6) is 1.35. The van der Waals surface area contributed by atoms with Crippen molar-refractivity contribution in [2.24, 2.45) is 5.41 Å². The summed E-state index contributed by atoms with van der Waals surface area (Å²) in [7, 11) is 1.54. The average molecular weight is 631 g/mol. The van der Waals surface area contributed by atoms with Crippen molar-refractivity contribution >= 4 is 46.0 Å². The molecule has 0 spiro atoms. The van der Waals surface area contributed by atoms with Crippen LogP contribution in [-0.2, 0) is 0 Å². The van der Waals surface area contributed by atoms with Gasteiger partial charge in [0.2, 0.25) is 0 Å². The van der Waals surface area contributed by atoms with E-state index in [1.807, 2.05) is 0 Å². The summed E-state index contributed by atoms with van der Waals surface area (Å²) in [4.78, 5) is 43.2. The third kappa shape index (κ3) is 7.46. The SMILES string of the molecule is COc1cc2c(Oc3ccc(NC(=O)NCCC(C)(C)C)c(Cl)c3)ccnc2cc1OCCCN1C(=O)c2ccccc2C1=O. The zero-order chi connectivity index (χ0) is 32.1. The number of hydrogen-bond donors (Lipinski definition) is 2. The average Bonchev–Trinajstić information content (AvgIpc) is 3.24. The van der Waals surface area contributed by atoms with Crippen LogP contribution in [0.15, 0.2) is 66.9 Å². The van der Waals surface area contributed by atoms with Crippen molar-refractivity contribution in [1.29, 1.82) is 0 Å². The first-order chi connectivity index (χ1) is 21.5. The summed E-state index contributed by atoms with van der Waals surface area (Å²) in [6, 6.07) is 16.8. The molecule has 45 heavy (non-hydrogen) atoms. The van der Waals surface area contributed by atoms with Gasteiger partial charge >= 0.3 is 6.03 Å². The van der Waals surface area contributed by atoms with E-state index in [0.717, 1.165) is 6.42 Å². The number of nitrogens with one attached hydrogen (secondary N) is 2. The molecule has 0 saturated carbocycles. The van der Waals surface area contributed by atoms with Crippen LogP contribution < -0.4 is 24.8 Å². The maximum atomic E-state index is 12.6. The number of amides is 4. The summed E-state index contributed by atoms with van der Waals surface area (Å²) >= 11 is 6.46. The number of fused-ring (bicyclic) bond motifs is 2. The Morgan fingerprint density at radius 3 is 2.36 bits per heavy atom. The Hall–Kier alpha value is -4.83. The van der Waals surface area contributed by atoms with E-state index in [9.17, 15) is 14.4 Å². The number of pyridine rings is 1. The number of rotatable bonds is 11. The van der Waals surface area contributed by atoms with Gasteiger partial charge in [-0.1, -0.05) is 44.5 Å². The molecule has 0 bridgehead atoms. The molecule has 0 radical (unpaired) electrons. The highest BCUT2D eigenvalue weighted by molar-refractivity contribution is 6.33. The van der Waals surface area contributed by atoms with Crippen molar-refractivity contribution in [3.8, 4) is 23.0 Å². The van der Waals surface area contributed by atoms with Gasteiger partial charge in [-0.25, -0.2) is 4.79 Å². The normalized spacial score (nSPS) is 12.7. The largest absolute Gasteiger partial charge is 0.493 e. The number of hydrogen-bond acceptors (Lipinski definition) is 7. The van der Waals surface area contributed by atoms with Crippen molar-refractivity contribution in [1.82, 2.24) is 15.2 Å². The molecule has 10 nitrogen and oxygen atoms in total. The molecule has 2 N–H and O–H groups in total. The van der Waals surface area contributed by atoms with Crippen LogP contribution in [0.5, 0.6) is 23.0 Å². The number of carbonyl (C=O) groups is 3. The Labute approximate surface area is 266 Å². The molecule has 0 atom stereocenters. The maximum Gasteiger partial charge on any atom is 0.319 e. The summed E-state index contributed by atoms with van der Waals surface area (Å²) in [6.45, 7) is 7.38. The van der Waals surface area contributed by atoms with Crippen LogP contribution in [0, 0.1) is 5.41 Å². The molecule has 4 aromatic rings. The first-order valence-corrected chi connectivity index (χ1v) is 15.0. The molecule has 1 aliphatic heterocycles. The van der Waals surface area contributed by atoms with E-state index in [1.54, 1.807) is 66.9 Å². The molecular weight excluding hydrogens is 596 g/mol. The molecular formula is C34H35ClN4O6. The highest BCUT2D eigenvalue weighted by atomic mass is 35.5. The smallest absolute Gasteiger partial charge is 0.319 e. The van der Waals surface area contributed by atoms with Gasteiger partial charge in [0.05, 0.1) is 41.1 Å². The third-order valence-corrected chi connectivity index (χ3v) is 7.54. The Bertz CT molecular complexity index is 1720. The molecule has 4 amide bonds. The number of benzene rings is 3. The van der Waals surface area contributed by atoms with Gasteiger partial charge < -0.3 is 24.8 Å². The number of anilines is 1. The highest BCUT2D eigenvalue weighted by Gasteiger charge is 2.34. The highest BCUT2D eigenvalue weighted by Crippen LogP contribution is 2.38. The van der Waals surface area contributed by atoms with Crippen molar-refractivity contribution in [3.05, 3.63) is 83.0 Å². The van der Waals surface area contributed by atoms with Crippen molar-refractivity contribution in [2.45, 2.75) is 33.6 Å². The maximum absolute atomic E-state index is 12.6. The molecule has 0 saturated heterocycles. The minimum Gasteiger partial charge on any atom is -0.493 e. The molecule has 0 aliphatic carbocycles. The number of methoxy groups -OCH3 is 1. The summed E-state index contributed by atoms with van der Waals surface area (Å²) in [6.07, 6.45) is 2.90. The van der Waals surface area contributed by atoms with Gasteiger partial charge in [-0.2, -0.15) is 0 Å². The standard InChI is InChI=1S/C34H35ClN4O6/c1-34(2,3)13-15-37-33(42)38-26-11-10-21(18-25(26)35)45-28-12-14-36-27-20-30(29(43-4)19-24(27)28)44-17-7-16-39-31(40)22-8-5-6-9-23(22)32(39)41/h5-6,8-12,14,18-20H,7,13,15-17H2,1-4H3,(H2,37,38,42). The van der Waals surface area contributed by atoms with Gasteiger partial charge in [0.15, 0.2) is 11.5 Å². The fourth-order valence-electron chi connectivity index (χ4n) is 4.84. The lowest BCUT2D eigenvalue weighted by Crippen LogP contribution is -2.31. The van der Waals surface area contributed by atoms with Crippen LogP contribution in [0.1, 0.15) is 54.3 Å². The molecule has 3 aromatic carbocycles.